The monoisotopic (exact) mass is 358 g/mol. The van der Waals surface area contributed by atoms with Gasteiger partial charge in [0.25, 0.3) is 5.56 Å². The number of fused-ring (bicyclic) bond motifs is 2. The fraction of sp³-hybridized carbons (Fsp3) is 0.333. The van der Waals surface area contributed by atoms with Crippen molar-refractivity contribution < 1.29 is 9.47 Å². The maximum atomic E-state index is 12.9. The molecular formula is C18H18N2O4S. The Morgan fingerprint density at radius 3 is 2.68 bits per heavy atom. The van der Waals surface area contributed by atoms with E-state index in [-0.39, 0.29) is 11.2 Å². The standard InChI is InChI=1S/C18H18N2O4S/c1-2-6-19-17(21)16-13(5-9-25-16)20(18(19)22)11-12-3-4-14-15(10-12)24-8-7-23-14/h3-5,9-10H,2,6-8,11H2,1H3. The molecule has 0 atom stereocenters. The largest absolute Gasteiger partial charge is 0.486 e. The van der Waals surface area contributed by atoms with Crippen LogP contribution in [0, 0.1) is 0 Å². The third-order valence-corrected chi connectivity index (χ3v) is 5.12. The van der Waals surface area contributed by atoms with Crippen molar-refractivity contribution in [2.24, 2.45) is 0 Å². The van der Waals surface area contributed by atoms with Crippen LogP contribution in [0.25, 0.3) is 10.2 Å². The van der Waals surface area contributed by atoms with Crippen molar-refractivity contribution in [3.63, 3.8) is 0 Å². The Balaban J connectivity index is 1.83. The van der Waals surface area contributed by atoms with E-state index in [2.05, 4.69) is 0 Å². The second-order valence-electron chi connectivity index (χ2n) is 5.94. The van der Waals surface area contributed by atoms with Crippen molar-refractivity contribution in [3.8, 4) is 11.5 Å². The molecule has 1 aliphatic heterocycles. The second-order valence-corrected chi connectivity index (χ2v) is 6.85. The third kappa shape index (κ3) is 2.74. The molecule has 0 radical (unpaired) electrons. The quantitative estimate of drug-likeness (QED) is 0.719. The lowest BCUT2D eigenvalue weighted by Gasteiger charge is -2.19. The number of ether oxygens (including phenoxy) is 2. The van der Waals surface area contributed by atoms with Gasteiger partial charge in [-0.3, -0.25) is 13.9 Å². The highest BCUT2D eigenvalue weighted by Gasteiger charge is 2.16. The lowest BCUT2D eigenvalue weighted by molar-refractivity contribution is 0.171. The van der Waals surface area contributed by atoms with Crippen molar-refractivity contribution in [1.29, 1.82) is 0 Å². The van der Waals surface area contributed by atoms with Gasteiger partial charge in [0.05, 0.1) is 12.1 Å². The summed E-state index contributed by atoms with van der Waals surface area (Å²) in [5, 5.41) is 1.85. The molecule has 0 bridgehead atoms. The van der Waals surface area contributed by atoms with E-state index in [0.717, 1.165) is 17.7 Å². The van der Waals surface area contributed by atoms with E-state index in [9.17, 15) is 9.59 Å². The number of rotatable bonds is 4. The fourth-order valence-electron chi connectivity index (χ4n) is 3.08. The summed E-state index contributed by atoms with van der Waals surface area (Å²) < 4.78 is 14.8. The van der Waals surface area contributed by atoms with E-state index >= 15 is 0 Å². The topological polar surface area (TPSA) is 62.5 Å². The van der Waals surface area contributed by atoms with E-state index in [1.54, 1.807) is 4.57 Å². The average Bonchev–Trinajstić information content (AvgIpc) is 3.12. The Morgan fingerprint density at radius 1 is 1.08 bits per heavy atom. The van der Waals surface area contributed by atoms with Crippen LogP contribution in [0.2, 0.25) is 0 Å². The van der Waals surface area contributed by atoms with Gasteiger partial charge in [0, 0.05) is 6.54 Å². The normalized spacial score (nSPS) is 13.3. The summed E-state index contributed by atoms with van der Waals surface area (Å²) >= 11 is 1.37. The van der Waals surface area contributed by atoms with Gasteiger partial charge in [-0.05, 0) is 35.6 Å². The molecule has 0 unspecified atom stereocenters. The summed E-state index contributed by atoms with van der Waals surface area (Å²) in [4.78, 5) is 25.4. The van der Waals surface area contributed by atoms with Crippen molar-refractivity contribution >= 4 is 21.6 Å². The molecule has 25 heavy (non-hydrogen) atoms. The van der Waals surface area contributed by atoms with Crippen molar-refractivity contribution in [3.05, 3.63) is 56.0 Å². The van der Waals surface area contributed by atoms with Gasteiger partial charge in [0.15, 0.2) is 11.5 Å². The molecule has 0 fully saturated rings. The van der Waals surface area contributed by atoms with Crippen LogP contribution < -0.4 is 20.7 Å². The highest BCUT2D eigenvalue weighted by Crippen LogP contribution is 2.31. The Labute approximate surface area is 147 Å². The maximum absolute atomic E-state index is 12.9. The SMILES string of the molecule is CCCn1c(=O)c2sccc2n(Cc2ccc3c(c2)OCCO3)c1=O. The lowest BCUT2D eigenvalue weighted by Crippen LogP contribution is -2.39. The number of hydrogen-bond acceptors (Lipinski definition) is 5. The molecule has 4 rings (SSSR count). The highest BCUT2D eigenvalue weighted by atomic mass is 32.1. The number of aromatic nitrogens is 2. The summed E-state index contributed by atoms with van der Waals surface area (Å²) in [5.41, 5.74) is 1.14. The van der Waals surface area contributed by atoms with Crippen LogP contribution in [-0.4, -0.2) is 22.3 Å². The zero-order valence-electron chi connectivity index (χ0n) is 13.9. The van der Waals surface area contributed by atoms with Gasteiger partial charge >= 0.3 is 5.69 Å². The second kappa shape index (κ2) is 6.40. The first-order valence-electron chi connectivity index (χ1n) is 8.28. The summed E-state index contributed by atoms with van der Waals surface area (Å²) in [7, 11) is 0. The molecule has 0 N–H and O–H groups in total. The summed E-state index contributed by atoms with van der Waals surface area (Å²) in [6, 6.07) is 7.51. The van der Waals surface area contributed by atoms with Gasteiger partial charge in [-0.2, -0.15) is 0 Å². The Morgan fingerprint density at radius 2 is 1.88 bits per heavy atom. The van der Waals surface area contributed by atoms with E-state index in [1.807, 2.05) is 36.6 Å². The molecule has 0 saturated heterocycles. The minimum Gasteiger partial charge on any atom is -0.486 e. The van der Waals surface area contributed by atoms with Gasteiger partial charge in [-0.15, -0.1) is 11.3 Å². The molecule has 0 saturated carbocycles. The van der Waals surface area contributed by atoms with Crippen LogP contribution in [0.3, 0.4) is 0 Å². The first-order chi connectivity index (χ1) is 12.2. The molecule has 1 aromatic carbocycles. The van der Waals surface area contributed by atoms with Gasteiger partial charge < -0.3 is 9.47 Å². The predicted octanol–water partition coefficient (Wildman–Crippen LogP) is 2.45. The first kappa shape index (κ1) is 16.0. The average molecular weight is 358 g/mol. The first-order valence-corrected chi connectivity index (χ1v) is 9.16. The van der Waals surface area contributed by atoms with Gasteiger partial charge in [0.2, 0.25) is 0 Å². The minimum absolute atomic E-state index is 0.199. The van der Waals surface area contributed by atoms with Crippen LogP contribution >= 0.6 is 11.3 Å². The number of thiophene rings is 1. The van der Waals surface area contributed by atoms with Gasteiger partial charge in [-0.25, -0.2) is 4.79 Å². The smallest absolute Gasteiger partial charge is 0.331 e. The summed E-state index contributed by atoms with van der Waals surface area (Å²) in [5.74, 6) is 1.42. The van der Waals surface area contributed by atoms with E-state index in [4.69, 9.17) is 9.47 Å². The van der Waals surface area contributed by atoms with E-state index in [0.29, 0.717) is 42.3 Å². The van der Waals surface area contributed by atoms with Crippen LogP contribution in [0.1, 0.15) is 18.9 Å². The Kier molecular flexibility index (Phi) is 4.09. The molecule has 2 aromatic heterocycles. The van der Waals surface area contributed by atoms with Crippen molar-refractivity contribution in [2.75, 3.05) is 13.2 Å². The van der Waals surface area contributed by atoms with Gasteiger partial charge in [0.1, 0.15) is 17.9 Å². The number of nitrogens with zero attached hydrogens (tertiary/aromatic N) is 2. The molecule has 0 spiro atoms. The van der Waals surface area contributed by atoms with Crippen LogP contribution in [0.5, 0.6) is 11.5 Å². The molecule has 0 aliphatic carbocycles. The Hall–Kier alpha value is -2.54. The highest BCUT2D eigenvalue weighted by molar-refractivity contribution is 7.17. The van der Waals surface area contributed by atoms with Crippen molar-refractivity contribution in [1.82, 2.24) is 9.13 Å². The van der Waals surface area contributed by atoms with E-state index < -0.39 is 0 Å². The fourth-order valence-corrected chi connectivity index (χ4v) is 3.92. The summed E-state index contributed by atoms with van der Waals surface area (Å²) in [6.45, 7) is 3.82. The molecule has 1 aliphatic rings. The predicted molar refractivity (Wildman–Crippen MR) is 97.2 cm³/mol. The van der Waals surface area contributed by atoms with Crippen LogP contribution in [0.4, 0.5) is 0 Å². The molecular weight excluding hydrogens is 340 g/mol. The minimum atomic E-state index is -0.271. The summed E-state index contributed by atoms with van der Waals surface area (Å²) in [6.07, 6.45) is 0.732. The van der Waals surface area contributed by atoms with E-state index in [1.165, 1.54) is 15.9 Å². The molecule has 130 valence electrons. The van der Waals surface area contributed by atoms with Gasteiger partial charge in [-0.1, -0.05) is 13.0 Å². The van der Waals surface area contributed by atoms with Crippen LogP contribution in [0.15, 0.2) is 39.2 Å². The van der Waals surface area contributed by atoms with Crippen LogP contribution in [-0.2, 0) is 13.1 Å². The molecule has 7 heteroatoms. The number of hydrogen-bond donors (Lipinski definition) is 0. The van der Waals surface area contributed by atoms with Crippen molar-refractivity contribution in [2.45, 2.75) is 26.4 Å². The lowest BCUT2D eigenvalue weighted by atomic mass is 10.2. The molecule has 6 nitrogen and oxygen atoms in total. The zero-order chi connectivity index (χ0) is 17.4. The number of benzene rings is 1. The molecule has 3 aromatic rings. The third-order valence-electron chi connectivity index (χ3n) is 4.23. The Bertz CT molecular complexity index is 1050. The molecule has 0 amide bonds. The zero-order valence-corrected chi connectivity index (χ0v) is 14.7. The maximum Gasteiger partial charge on any atom is 0.331 e. The molecule has 3 heterocycles.